The van der Waals surface area contributed by atoms with E-state index in [1.165, 1.54) is 0 Å². The Morgan fingerprint density at radius 1 is 0.429 bits per heavy atom. The lowest BCUT2D eigenvalue weighted by Gasteiger charge is -2.55. The normalized spacial score (nSPS) is 14.3. The fraction of sp³-hybridized carbons (Fsp3) is 1.00. The van der Waals surface area contributed by atoms with E-state index in [4.69, 9.17) is 0 Å². The van der Waals surface area contributed by atoms with Crippen molar-refractivity contribution in [1.82, 2.24) is 0 Å². The maximum Gasteiger partial charge on any atom is 0.0437 e. The SMILES string of the molecule is CC(C)[Si](C(C)C)[Si](C(C)C)(C(C)C)[Si](C(C)C)C(C)C. The van der Waals surface area contributed by atoms with E-state index in [-0.39, 0.29) is 16.6 Å². The molecular formula is C18H42Si3. The van der Waals surface area contributed by atoms with E-state index in [9.17, 15) is 0 Å². The highest BCUT2D eigenvalue weighted by Gasteiger charge is 2.56. The molecule has 2 radical (unpaired) electrons. The molecule has 126 valence electrons. The Bertz CT molecular complexity index is 247. The molecule has 0 amide bonds. The van der Waals surface area contributed by atoms with E-state index in [0.717, 1.165) is 33.2 Å². The van der Waals surface area contributed by atoms with Crippen molar-refractivity contribution >= 4 is 23.7 Å². The van der Waals surface area contributed by atoms with Crippen molar-refractivity contribution in [3.63, 3.8) is 0 Å². The second-order valence-corrected chi connectivity index (χ2v) is 29.1. The molecule has 0 unspecified atom stereocenters. The van der Waals surface area contributed by atoms with Crippen LogP contribution >= 0.6 is 0 Å². The largest absolute Gasteiger partial charge is 0.0656 e. The van der Waals surface area contributed by atoms with E-state index in [0.29, 0.717) is 0 Å². The van der Waals surface area contributed by atoms with E-state index in [1.807, 2.05) is 0 Å². The van der Waals surface area contributed by atoms with Crippen LogP contribution in [-0.4, -0.2) is 23.7 Å². The highest BCUT2D eigenvalue weighted by Crippen LogP contribution is 2.48. The van der Waals surface area contributed by atoms with E-state index in [2.05, 4.69) is 83.1 Å². The maximum absolute atomic E-state index is 2.59. The molecule has 0 heterocycles. The van der Waals surface area contributed by atoms with Gasteiger partial charge in [0.25, 0.3) is 0 Å². The fourth-order valence-electron chi connectivity index (χ4n) is 5.41. The average Bonchev–Trinajstić information content (AvgIpc) is 2.24. The predicted octanol–water partition coefficient (Wildman–Crippen LogP) is 7.04. The zero-order valence-corrected chi connectivity index (χ0v) is 20.0. The Labute approximate surface area is 140 Å². The first-order valence-electron chi connectivity index (χ1n) is 9.16. The van der Waals surface area contributed by atoms with Crippen molar-refractivity contribution in [3.05, 3.63) is 0 Å². The second-order valence-electron chi connectivity index (χ2n) is 8.71. The molecule has 0 rings (SSSR count). The van der Waals surface area contributed by atoms with Gasteiger partial charge in [0.1, 0.15) is 0 Å². The molecule has 0 bridgehead atoms. The Balaban J connectivity index is 6.32. The Morgan fingerprint density at radius 3 is 0.714 bits per heavy atom. The summed E-state index contributed by atoms with van der Waals surface area (Å²) in [6, 6.07) is 0. The summed E-state index contributed by atoms with van der Waals surface area (Å²) >= 11 is 0. The summed E-state index contributed by atoms with van der Waals surface area (Å²) in [7, 11) is -1.82. The summed E-state index contributed by atoms with van der Waals surface area (Å²) in [4.78, 5) is 0. The van der Waals surface area contributed by atoms with Gasteiger partial charge in [-0.2, -0.15) is 0 Å². The van der Waals surface area contributed by atoms with Gasteiger partial charge in [0.15, 0.2) is 0 Å². The lowest BCUT2D eigenvalue weighted by molar-refractivity contribution is 0.882. The van der Waals surface area contributed by atoms with Crippen LogP contribution in [0.1, 0.15) is 83.1 Å². The molecule has 3 heteroatoms. The molecule has 0 nitrogen and oxygen atoms in total. The van der Waals surface area contributed by atoms with Gasteiger partial charge in [-0.25, -0.2) is 0 Å². The van der Waals surface area contributed by atoms with Crippen molar-refractivity contribution in [3.8, 4) is 0 Å². The van der Waals surface area contributed by atoms with E-state index < -0.39 is 7.11 Å². The van der Waals surface area contributed by atoms with Gasteiger partial charge < -0.3 is 0 Å². The van der Waals surface area contributed by atoms with Crippen LogP contribution in [-0.2, 0) is 0 Å². The summed E-state index contributed by atoms with van der Waals surface area (Å²) in [6.07, 6.45) is 0. The summed E-state index contributed by atoms with van der Waals surface area (Å²) in [5, 5.41) is 0. The summed E-state index contributed by atoms with van der Waals surface area (Å²) < 4.78 is 0. The van der Waals surface area contributed by atoms with Gasteiger partial charge in [0.05, 0.1) is 0 Å². The lowest BCUT2D eigenvalue weighted by Crippen LogP contribution is -2.70. The van der Waals surface area contributed by atoms with Gasteiger partial charge in [-0.15, -0.1) is 0 Å². The van der Waals surface area contributed by atoms with Crippen LogP contribution in [0.15, 0.2) is 0 Å². The second kappa shape index (κ2) is 8.49. The maximum atomic E-state index is 2.59. The van der Waals surface area contributed by atoms with Crippen LogP contribution < -0.4 is 0 Å². The number of hydrogen-bond acceptors (Lipinski definition) is 0. The molecule has 0 atom stereocenters. The molecule has 0 aliphatic rings. The molecule has 0 spiro atoms. The highest BCUT2D eigenvalue weighted by atomic mass is 29.6. The smallest absolute Gasteiger partial charge is 0.0437 e. The van der Waals surface area contributed by atoms with Crippen LogP contribution in [0.5, 0.6) is 0 Å². The molecular weight excluding hydrogens is 300 g/mol. The van der Waals surface area contributed by atoms with Gasteiger partial charge >= 0.3 is 0 Å². The third kappa shape index (κ3) is 4.35. The van der Waals surface area contributed by atoms with E-state index >= 15 is 0 Å². The molecule has 0 saturated carbocycles. The molecule has 0 fully saturated rings. The quantitative estimate of drug-likeness (QED) is 0.415. The van der Waals surface area contributed by atoms with Gasteiger partial charge in [-0.3, -0.25) is 0 Å². The van der Waals surface area contributed by atoms with Gasteiger partial charge in [0, 0.05) is 23.7 Å². The van der Waals surface area contributed by atoms with Crippen molar-refractivity contribution < 1.29 is 0 Å². The van der Waals surface area contributed by atoms with Crippen LogP contribution in [0.2, 0.25) is 33.2 Å². The van der Waals surface area contributed by atoms with Crippen molar-refractivity contribution in [2.45, 2.75) is 116 Å². The Kier molecular flexibility index (Phi) is 8.75. The van der Waals surface area contributed by atoms with Crippen molar-refractivity contribution in [2.75, 3.05) is 0 Å². The van der Waals surface area contributed by atoms with Gasteiger partial charge in [-0.1, -0.05) is 116 Å². The molecule has 0 aromatic carbocycles. The minimum absolute atomic E-state index is 0.279. The molecule has 0 aliphatic carbocycles. The third-order valence-electron chi connectivity index (χ3n) is 5.26. The molecule has 0 aliphatic heterocycles. The first-order valence-corrected chi connectivity index (χ1v) is 16.6. The van der Waals surface area contributed by atoms with Crippen molar-refractivity contribution in [2.24, 2.45) is 0 Å². The van der Waals surface area contributed by atoms with E-state index in [1.54, 1.807) is 0 Å². The monoisotopic (exact) mass is 342 g/mol. The summed E-state index contributed by atoms with van der Waals surface area (Å²) in [5.74, 6) is 0. The molecule has 0 saturated heterocycles. The predicted molar refractivity (Wildman–Crippen MR) is 108 cm³/mol. The minimum Gasteiger partial charge on any atom is -0.0656 e. The Hall–Kier alpha value is 0.651. The van der Waals surface area contributed by atoms with Crippen LogP contribution in [0.25, 0.3) is 0 Å². The van der Waals surface area contributed by atoms with Crippen LogP contribution in [0, 0.1) is 0 Å². The average molecular weight is 343 g/mol. The first-order chi connectivity index (χ1) is 9.42. The Morgan fingerprint density at radius 2 is 0.619 bits per heavy atom. The standard InChI is InChI=1S/C18H42Si3/c1-13(2)19(14(3)4)21(17(9)10,18(11)12)20(15(5)6)16(7)8/h13-18H,1-12H3. The van der Waals surface area contributed by atoms with Crippen LogP contribution in [0.3, 0.4) is 0 Å². The van der Waals surface area contributed by atoms with Crippen molar-refractivity contribution in [1.29, 1.82) is 0 Å². The first kappa shape index (κ1) is 21.7. The summed E-state index contributed by atoms with van der Waals surface area (Å²) in [6.45, 7) is 30.7. The number of hydrogen-bond donors (Lipinski definition) is 0. The number of rotatable bonds is 8. The molecule has 0 aromatic heterocycles. The van der Waals surface area contributed by atoms with Crippen LogP contribution in [0.4, 0.5) is 0 Å². The molecule has 0 N–H and O–H groups in total. The topological polar surface area (TPSA) is 0 Å². The molecule has 0 aromatic rings. The van der Waals surface area contributed by atoms with Gasteiger partial charge in [0.2, 0.25) is 0 Å². The van der Waals surface area contributed by atoms with Gasteiger partial charge in [-0.05, 0) is 0 Å². The lowest BCUT2D eigenvalue weighted by atomic mass is 10.5. The zero-order valence-electron chi connectivity index (χ0n) is 17.0. The molecule has 21 heavy (non-hydrogen) atoms. The third-order valence-corrected chi connectivity index (χ3v) is 40.6. The summed E-state index contributed by atoms with van der Waals surface area (Å²) in [5.41, 5.74) is 5.64. The fourth-order valence-corrected chi connectivity index (χ4v) is 50.1. The zero-order chi connectivity index (χ0) is 17.1. The highest BCUT2D eigenvalue weighted by molar-refractivity contribution is 7.61. The minimum atomic E-state index is -1.26.